The maximum atomic E-state index is 4.32. The van der Waals surface area contributed by atoms with Gasteiger partial charge in [0.05, 0.1) is 0 Å². The van der Waals surface area contributed by atoms with Crippen LogP contribution in [-0.4, -0.2) is 6.54 Å². The minimum absolute atomic E-state index is 0.0602. The van der Waals surface area contributed by atoms with Gasteiger partial charge in [0.2, 0.25) is 0 Å². The van der Waals surface area contributed by atoms with Gasteiger partial charge in [-0.1, -0.05) is 136 Å². The zero-order valence-electron chi connectivity index (χ0n) is 27.5. The summed E-state index contributed by atoms with van der Waals surface area (Å²) in [4.78, 5) is 4.72. The van der Waals surface area contributed by atoms with Crippen LogP contribution in [0.5, 0.6) is 0 Å². The molecular formula is C46H38N2. The number of fused-ring (bicyclic) bond motifs is 4. The Morgan fingerprint density at radius 1 is 0.562 bits per heavy atom. The smallest absolute Gasteiger partial charge is 0.0493 e. The minimum Gasteiger partial charge on any atom is -0.337 e. The highest BCUT2D eigenvalue weighted by Crippen LogP contribution is 2.50. The molecule has 8 rings (SSSR count). The van der Waals surface area contributed by atoms with Gasteiger partial charge in [-0.2, -0.15) is 0 Å². The van der Waals surface area contributed by atoms with E-state index in [4.69, 9.17) is 0 Å². The van der Waals surface area contributed by atoms with E-state index in [1.54, 1.807) is 0 Å². The Hall–Kier alpha value is -5.86. The molecule has 0 amide bonds. The first-order chi connectivity index (χ1) is 23.5. The van der Waals surface area contributed by atoms with Crippen molar-refractivity contribution in [3.63, 3.8) is 0 Å². The second-order valence-electron chi connectivity index (χ2n) is 13.1. The van der Waals surface area contributed by atoms with Crippen LogP contribution in [0.25, 0.3) is 27.8 Å². The lowest BCUT2D eigenvalue weighted by Crippen LogP contribution is -2.18. The molecule has 6 aromatic carbocycles. The average Bonchev–Trinajstić information content (AvgIpc) is 3.40. The predicted octanol–water partition coefficient (Wildman–Crippen LogP) is 12.4. The summed E-state index contributed by atoms with van der Waals surface area (Å²) >= 11 is 0. The van der Waals surface area contributed by atoms with Crippen molar-refractivity contribution in [2.75, 3.05) is 16.3 Å². The van der Waals surface area contributed by atoms with Crippen molar-refractivity contribution in [2.45, 2.75) is 19.3 Å². The van der Waals surface area contributed by atoms with Gasteiger partial charge in [-0.15, -0.1) is 0 Å². The number of para-hydroxylation sites is 2. The van der Waals surface area contributed by atoms with Crippen molar-refractivity contribution < 1.29 is 0 Å². The molecule has 2 nitrogen and oxygen atoms in total. The van der Waals surface area contributed by atoms with Gasteiger partial charge in [0.15, 0.2) is 0 Å². The van der Waals surface area contributed by atoms with Crippen LogP contribution in [0.3, 0.4) is 0 Å². The van der Waals surface area contributed by atoms with E-state index in [-0.39, 0.29) is 5.41 Å². The third-order valence-electron chi connectivity index (χ3n) is 9.85. The first-order valence-corrected chi connectivity index (χ1v) is 16.7. The Balaban J connectivity index is 1.12. The topological polar surface area (TPSA) is 6.48 Å². The molecule has 0 saturated carbocycles. The Morgan fingerprint density at radius 2 is 1.17 bits per heavy atom. The lowest BCUT2D eigenvalue weighted by molar-refractivity contribution is 0.660. The van der Waals surface area contributed by atoms with Crippen molar-refractivity contribution in [1.82, 2.24) is 0 Å². The van der Waals surface area contributed by atoms with Crippen molar-refractivity contribution in [3.8, 4) is 22.3 Å². The molecule has 232 valence electrons. The van der Waals surface area contributed by atoms with Crippen LogP contribution >= 0.6 is 0 Å². The number of anilines is 5. The molecule has 1 aliphatic heterocycles. The molecule has 0 aromatic heterocycles. The monoisotopic (exact) mass is 618 g/mol. The summed E-state index contributed by atoms with van der Waals surface area (Å²) in [5.41, 5.74) is 15.7. The normalized spacial score (nSPS) is 15.7. The molecular weight excluding hydrogens is 581 g/mol. The summed E-state index contributed by atoms with van der Waals surface area (Å²) in [7, 11) is 0. The predicted molar refractivity (Wildman–Crippen MR) is 205 cm³/mol. The van der Waals surface area contributed by atoms with Gasteiger partial charge in [-0.05, 0) is 93.6 Å². The molecule has 2 heteroatoms. The van der Waals surface area contributed by atoms with Crippen LogP contribution in [-0.2, 0) is 5.41 Å². The number of rotatable bonds is 5. The highest BCUT2D eigenvalue weighted by Gasteiger charge is 2.35. The van der Waals surface area contributed by atoms with Crippen LogP contribution < -0.4 is 9.80 Å². The van der Waals surface area contributed by atoms with Gasteiger partial charge in [-0.25, -0.2) is 0 Å². The molecule has 0 atom stereocenters. The lowest BCUT2D eigenvalue weighted by atomic mass is 9.82. The van der Waals surface area contributed by atoms with Crippen molar-refractivity contribution in [3.05, 3.63) is 193 Å². The molecule has 0 bridgehead atoms. The van der Waals surface area contributed by atoms with Crippen LogP contribution in [0.15, 0.2) is 176 Å². The van der Waals surface area contributed by atoms with E-state index in [2.05, 4.69) is 200 Å². The Labute approximate surface area is 284 Å². The fourth-order valence-electron chi connectivity index (χ4n) is 7.32. The van der Waals surface area contributed by atoms with Crippen molar-refractivity contribution >= 4 is 34.0 Å². The number of nitrogens with zero attached hydrogens (tertiary/aromatic N) is 2. The van der Waals surface area contributed by atoms with Crippen LogP contribution in [0.2, 0.25) is 0 Å². The molecule has 0 unspecified atom stereocenters. The molecule has 0 fully saturated rings. The third kappa shape index (κ3) is 5.16. The zero-order chi connectivity index (χ0) is 32.7. The number of hydrogen-bond donors (Lipinski definition) is 0. The van der Waals surface area contributed by atoms with Crippen LogP contribution in [0.4, 0.5) is 28.4 Å². The first-order valence-electron chi connectivity index (χ1n) is 16.7. The number of hydrogen-bond acceptors (Lipinski definition) is 2. The fraction of sp³-hybridized carbons (Fsp3) is 0.0870. The maximum Gasteiger partial charge on any atom is 0.0493 e. The zero-order valence-corrected chi connectivity index (χ0v) is 27.5. The van der Waals surface area contributed by atoms with E-state index in [0.29, 0.717) is 0 Å². The Kier molecular flexibility index (Phi) is 7.42. The van der Waals surface area contributed by atoms with E-state index >= 15 is 0 Å². The summed E-state index contributed by atoms with van der Waals surface area (Å²) in [6.45, 7) is 9.78. The first kappa shape index (κ1) is 29.5. The summed E-state index contributed by atoms with van der Waals surface area (Å²) < 4.78 is 0. The van der Waals surface area contributed by atoms with Crippen LogP contribution in [0, 0.1) is 0 Å². The minimum atomic E-state index is -0.0602. The fourth-order valence-corrected chi connectivity index (χ4v) is 7.32. The molecule has 0 N–H and O–H groups in total. The van der Waals surface area contributed by atoms with Gasteiger partial charge in [-0.3, -0.25) is 0 Å². The van der Waals surface area contributed by atoms with Crippen LogP contribution in [0.1, 0.15) is 30.5 Å². The lowest BCUT2D eigenvalue weighted by Gasteiger charge is -2.28. The van der Waals surface area contributed by atoms with Gasteiger partial charge in [0.1, 0.15) is 0 Å². The summed E-state index contributed by atoms with van der Waals surface area (Å²) in [6.07, 6.45) is 8.44. The Bertz CT molecular complexity index is 2180. The molecule has 48 heavy (non-hydrogen) atoms. The largest absolute Gasteiger partial charge is 0.337 e. The highest BCUT2D eigenvalue weighted by atomic mass is 15.1. The summed E-state index contributed by atoms with van der Waals surface area (Å²) in [6, 6.07) is 52.8. The standard InChI is InChI=1S/C46H38N2/c1-33-14-6-5-13-31-47(45-20-12-10-17-40(33)45)36-25-21-34(22-26-36)35-23-27-38(28-24-35)48(37-15-7-4-8-16-37)39-29-30-42-41-18-9-11-19-43(41)46(2,3)44(42)32-39/h4-30,32H,1,31H2,2-3H3/b13-5-,14-6-. The molecule has 2 aliphatic rings. The second-order valence-corrected chi connectivity index (χ2v) is 13.1. The molecule has 1 aliphatic carbocycles. The van der Waals surface area contributed by atoms with E-state index in [0.717, 1.165) is 46.1 Å². The van der Waals surface area contributed by atoms with Gasteiger partial charge >= 0.3 is 0 Å². The van der Waals surface area contributed by atoms with Crippen molar-refractivity contribution in [2.24, 2.45) is 0 Å². The quantitative estimate of drug-likeness (QED) is 0.190. The van der Waals surface area contributed by atoms with Gasteiger partial charge in [0, 0.05) is 46.0 Å². The van der Waals surface area contributed by atoms with E-state index in [9.17, 15) is 0 Å². The third-order valence-corrected chi connectivity index (χ3v) is 9.85. The number of allylic oxidation sites excluding steroid dienone is 4. The highest BCUT2D eigenvalue weighted by molar-refractivity contribution is 5.87. The van der Waals surface area contributed by atoms with Gasteiger partial charge in [0.25, 0.3) is 0 Å². The van der Waals surface area contributed by atoms with Gasteiger partial charge < -0.3 is 9.80 Å². The molecule has 0 spiro atoms. The average molecular weight is 619 g/mol. The molecule has 0 radical (unpaired) electrons. The molecule has 1 heterocycles. The molecule has 6 aromatic rings. The Morgan fingerprint density at radius 3 is 1.94 bits per heavy atom. The van der Waals surface area contributed by atoms with E-state index in [1.165, 1.54) is 33.4 Å². The molecule has 0 saturated heterocycles. The van der Waals surface area contributed by atoms with E-state index in [1.807, 2.05) is 0 Å². The summed E-state index contributed by atoms with van der Waals surface area (Å²) in [5, 5.41) is 0. The number of benzene rings is 6. The SMILES string of the molecule is C=C1/C=C\C=C/CN(c2ccc(-c3ccc(N(c4ccccc4)c4ccc5c(c4)C(C)(C)c4ccccc4-5)cc3)cc2)c2ccccc21. The maximum absolute atomic E-state index is 4.32. The van der Waals surface area contributed by atoms with E-state index < -0.39 is 0 Å². The van der Waals surface area contributed by atoms with Crippen molar-refractivity contribution in [1.29, 1.82) is 0 Å². The summed E-state index contributed by atoms with van der Waals surface area (Å²) in [5.74, 6) is 0. The second kappa shape index (κ2) is 12.1.